The highest BCUT2D eigenvalue weighted by Gasteiger charge is 2.36. The Morgan fingerprint density at radius 3 is 2.29 bits per heavy atom. The van der Waals surface area contributed by atoms with Crippen molar-refractivity contribution in [2.75, 3.05) is 13.1 Å². The first-order valence-electron chi connectivity index (χ1n) is 7.30. The van der Waals surface area contributed by atoms with Gasteiger partial charge in [0.25, 0.3) is 0 Å². The minimum Gasteiger partial charge on any atom is -0.207 e. The van der Waals surface area contributed by atoms with Crippen molar-refractivity contribution in [2.45, 2.75) is 44.4 Å². The third kappa shape index (κ3) is 3.46. The molecular formula is C15H21BrClNO2S. The number of rotatable bonds is 4. The summed E-state index contributed by atoms with van der Waals surface area (Å²) in [7, 11) is -3.42. The van der Waals surface area contributed by atoms with Gasteiger partial charge in [-0.3, -0.25) is 0 Å². The van der Waals surface area contributed by atoms with Gasteiger partial charge in [-0.15, -0.1) is 0 Å². The molecule has 0 aliphatic carbocycles. The fraction of sp³-hybridized carbons (Fsp3) is 0.600. The Morgan fingerprint density at radius 2 is 1.81 bits per heavy atom. The molecule has 2 rings (SSSR count). The molecule has 0 amide bonds. The number of piperidine rings is 1. The first-order valence-corrected chi connectivity index (χ1v) is 9.91. The Balaban J connectivity index is 2.20. The highest BCUT2D eigenvalue weighted by atomic mass is 79.9. The van der Waals surface area contributed by atoms with E-state index in [-0.39, 0.29) is 0 Å². The van der Waals surface area contributed by atoms with Crippen LogP contribution in [0.25, 0.3) is 0 Å². The topological polar surface area (TPSA) is 37.4 Å². The summed E-state index contributed by atoms with van der Waals surface area (Å²) in [5.74, 6) is 0. The molecule has 0 N–H and O–H groups in total. The SMILES string of the molecule is CCC1(CC)CCN(S(=O)(=O)c2ccc(Cl)c(Br)c2)CC1. The second kappa shape index (κ2) is 6.57. The van der Waals surface area contributed by atoms with Gasteiger partial charge in [0.1, 0.15) is 0 Å². The van der Waals surface area contributed by atoms with Gasteiger partial charge in [0.2, 0.25) is 10.0 Å². The van der Waals surface area contributed by atoms with E-state index in [0.29, 0.717) is 32.9 Å². The molecule has 0 unspecified atom stereocenters. The zero-order valence-corrected chi connectivity index (χ0v) is 15.6. The highest BCUT2D eigenvalue weighted by molar-refractivity contribution is 9.10. The van der Waals surface area contributed by atoms with Crippen molar-refractivity contribution in [3.8, 4) is 0 Å². The van der Waals surface area contributed by atoms with Gasteiger partial charge < -0.3 is 0 Å². The summed E-state index contributed by atoms with van der Waals surface area (Å²) >= 11 is 9.22. The molecule has 0 saturated carbocycles. The summed E-state index contributed by atoms with van der Waals surface area (Å²) < 4.78 is 27.6. The van der Waals surface area contributed by atoms with Crippen LogP contribution in [0.3, 0.4) is 0 Å². The quantitative estimate of drug-likeness (QED) is 0.742. The molecule has 0 spiro atoms. The van der Waals surface area contributed by atoms with E-state index in [1.807, 2.05) is 0 Å². The maximum Gasteiger partial charge on any atom is 0.243 e. The van der Waals surface area contributed by atoms with Crippen molar-refractivity contribution in [1.82, 2.24) is 4.31 Å². The molecule has 0 radical (unpaired) electrons. The molecule has 118 valence electrons. The van der Waals surface area contributed by atoms with Crippen LogP contribution in [0.5, 0.6) is 0 Å². The summed E-state index contributed by atoms with van der Waals surface area (Å²) in [4.78, 5) is 0.305. The van der Waals surface area contributed by atoms with Crippen molar-refractivity contribution in [1.29, 1.82) is 0 Å². The van der Waals surface area contributed by atoms with Crippen LogP contribution in [0.1, 0.15) is 39.5 Å². The van der Waals surface area contributed by atoms with Crippen LogP contribution in [-0.4, -0.2) is 25.8 Å². The smallest absolute Gasteiger partial charge is 0.207 e. The number of hydrogen-bond donors (Lipinski definition) is 0. The van der Waals surface area contributed by atoms with Crippen molar-refractivity contribution in [3.05, 3.63) is 27.7 Å². The van der Waals surface area contributed by atoms with Gasteiger partial charge in [-0.2, -0.15) is 4.31 Å². The Bertz CT molecular complexity index is 604. The van der Waals surface area contributed by atoms with Crippen LogP contribution in [0.15, 0.2) is 27.6 Å². The molecular weight excluding hydrogens is 374 g/mol. The molecule has 0 bridgehead atoms. The van der Waals surface area contributed by atoms with Crippen molar-refractivity contribution >= 4 is 37.6 Å². The predicted octanol–water partition coefficient (Wildman–Crippen LogP) is 4.69. The summed E-state index contributed by atoms with van der Waals surface area (Å²) in [6.07, 6.45) is 4.11. The van der Waals surface area contributed by atoms with Gasteiger partial charge in [-0.1, -0.05) is 38.3 Å². The zero-order valence-electron chi connectivity index (χ0n) is 12.4. The maximum atomic E-state index is 12.7. The van der Waals surface area contributed by atoms with E-state index >= 15 is 0 Å². The van der Waals surface area contributed by atoms with E-state index in [4.69, 9.17) is 11.6 Å². The summed E-state index contributed by atoms with van der Waals surface area (Å²) in [6, 6.07) is 4.77. The first-order chi connectivity index (χ1) is 9.84. The average Bonchev–Trinajstić information content (AvgIpc) is 2.50. The lowest BCUT2D eigenvalue weighted by Crippen LogP contribution is -2.42. The number of nitrogens with zero attached hydrogens (tertiary/aromatic N) is 1. The fourth-order valence-corrected chi connectivity index (χ4v) is 5.06. The van der Waals surface area contributed by atoms with Crippen molar-refractivity contribution in [2.24, 2.45) is 5.41 Å². The van der Waals surface area contributed by atoms with E-state index in [0.717, 1.165) is 25.7 Å². The molecule has 1 heterocycles. The lowest BCUT2D eigenvalue weighted by molar-refractivity contribution is 0.141. The second-order valence-electron chi connectivity index (χ2n) is 5.69. The molecule has 21 heavy (non-hydrogen) atoms. The largest absolute Gasteiger partial charge is 0.243 e. The molecule has 1 aliphatic rings. The van der Waals surface area contributed by atoms with Gasteiger partial charge in [-0.25, -0.2) is 8.42 Å². The van der Waals surface area contributed by atoms with E-state index in [1.54, 1.807) is 22.5 Å². The predicted molar refractivity (Wildman–Crippen MR) is 90.2 cm³/mol. The zero-order chi connectivity index (χ0) is 15.7. The first kappa shape index (κ1) is 17.3. The van der Waals surface area contributed by atoms with Crippen LogP contribution in [0, 0.1) is 5.41 Å². The number of benzene rings is 1. The van der Waals surface area contributed by atoms with Crippen molar-refractivity contribution < 1.29 is 8.42 Å². The van der Waals surface area contributed by atoms with E-state index in [2.05, 4.69) is 29.8 Å². The van der Waals surface area contributed by atoms with Gasteiger partial charge >= 0.3 is 0 Å². The molecule has 0 aromatic heterocycles. The van der Waals surface area contributed by atoms with Gasteiger partial charge in [0, 0.05) is 17.6 Å². The lowest BCUT2D eigenvalue weighted by atomic mass is 9.75. The average molecular weight is 395 g/mol. The standard InChI is InChI=1S/C15H21BrClNO2S/c1-3-15(4-2)7-9-18(10-8-15)21(19,20)12-5-6-14(17)13(16)11-12/h5-6,11H,3-4,7-10H2,1-2H3. The number of sulfonamides is 1. The van der Waals surface area contributed by atoms with Crippen LogP contribution in [0.4, 0.5) is 0 Å². The number of hydrogen-bond acceptors (Lipinski definition) is 2. The Morgan fingerprint density at radius 1 is 1.24 bits per heavy atom. The summed E-state index contributed by atoms with van der Waals surface area (Å²) in [6.45, 7) is 5.60. The van der Waals surface area contributed by atoms with E-state index in [9.17, 15) is 8.42 Å². The Kier molecular flexibility index (Phi) is 5.40. The van der Waals surface area contributed by atoms with Crippen LogP contribution in [-0.2, 0) is 10.0 Å². The molecule has 3 nitrogen and oxygen atoms in total. The minimum atomic E-state index is -3.42. The van der Waals surface area contributed by atoms with Crippen LogP contribution >= 0.6 is 27.5 Å². The Hall–Kier alpha value is -0.100. The normalized spacial score (nSPS) is 19.6. The summed E-state index contributed by atoms with van der Waals surface area (Å²) in [5, 5.41) is 0.517. The third-order valence-electron chi connectivity index (χ3n) is 4.81. The number of halogens is 2. The maximum absolute atomic E-state index is 12.7. The third-order valence-corrected chi connectivity index (χ3v) is 7.92. The van der Waals surface area contributed by atoms with Crippen molar-refractivity contribution in [3.63, 3.8) is 0 Å². The van der Waals surface area contributed by atoms with E-state index < -0.39 is 10.0 Å². The molecule has 1 aliphatic heterocycles. The Labute approximate surface area is 140 Å². The van der Waals surface area contributed by atoms with E-state index in [1.165, 1.54) is 0 Å². The molecule has 1 fully saturated rings. The van der Waals surface area contributed by atoms with Crippen LogP contribution < -0.4 is 0 Å². The monoisotopic (exact) mass is 393 g/mol. The minimum absolute atomic E-state index is 0.305. The van der Waals surface area contributed by atoms with Crippen LogP contribution in [0.2, 0.25) is 5.02 Å². The van der Waals surface area contributed by atoms with Gasteiger partial charge in [-0.05, 0) is 52.4 Å². The fourth-order valence-electron chi connectivity index (χ4n) is 2.94. The molecule has 1 saturated heterocycles. The highest BCUT2D eigenvalue weighted by Crippen LogP contribution is 2.39. The van der Waals surface area contributed by atoms with Gasteiger partial charge in [0.05, 0.1) is 9.92 Å². The molecule has 1 aromatic rings. The lowest BCUT2D eigenvalue weighted by Gasteiger charge is -2.40. The molecule has 0 atom stereocenters. The second-order valence-corrected chi connectivity index (χ2v) is 8.89. The summed E-state index contributed by atoms with van der Waals surface area (Å²) in [5.41, 5.74) is 0.312. The molecule has 6 heteroatoms. The van der Waals surface area contributed by atoms with Gasteiger partial charge in [0.15, 0.2) is 0 Å². The molecule has 1 aromatic carbocycles.